The predicted octanol–water partition coefficient (Wildman–Crippen LogP) is 3.65. The van der Waals surface area contributed by atoms with Crippen molar-refractivity contribution in [1.82, 2.24) is 5.32 Å². The van der Waals surface area contributed by atoms with Gasteiger partial charge in [0, 0.05) is 43.9 Å². The minimum Gasteiger partial charge on any atom is -0.494 e. The van der Waals surface area contributed by atoms with Crippen molar-refractivity contribution in [3.63, 3.8) is 0 Å². The molecule has 0 spiro atoms. The molecular weight excluding hydrogens is 378 g/mol. The normalized spacial score (nSPS) is 15.5. The fourth-order valence-electron chi connectivity index (χ4n) is 3.96. The van der Waals surface area contributed by atoms with Gasteiger partial charge < -0.3 is 20.3 Å². The summed E-state index contributed by atoms with van der Waals surface area (Å²) in [5.74, 6) is 0.878. The standard InChI is InChI=1S/C24H29N3O3/c28-23(25-17-18-5-8-20(9-6-18)27-13-1-2-14-27)4-3-15-30-21-10-11-22-19(16-21)7-12-24(29)26-22/h5-6,8-11,16H,1-4,7,12-15,17H2,(H,25,28)(H,26,29). The third-order valence-corrected chi connectivity index (χ3v) is 5.69. The van der Waals surface area contributed by atoms with Crippen molar-refractivity contribution in [2.24, 2.45) is 0 Å². The number of aryl methyl sites for hydroxylation is 1. The van der Waals surface area contributed by atoms with Crippen molar-refractivity contribution in [2.45, 2.75) is 45.1 Å². The number of rotatable bonds is 8. The highest BCUT2D eigenvalue weighted by atomic mass is 16.5. The Morgan fingerprint density at radius 3 is 2.67 bits per heavy atom. The highest BCUT2D eigenvalue weighted by Gasteiger charge is 2.15. The maximum absolute atomic E-state index is 12.1. The molecule has 1 fully saturated rings. The molecule has 2 aromatic carbocycles. The van der Waals surface area contributed by atoms with Crippen LogP contribution in [-0.4, -0.2) is 31.5 Å². The van der Waals surface area contributed by atoms with E-state index in [9.17, 15) is 9.59 Å². The number of carbonyl (C=O) groups is 2. The third kappa shape index (κ3) is 5.32. The van der Waals surface area contributed by atoms with Gasteiger partial charge in [-0.15, -0.1) is 0 Å². The number of benzene rings is 2. The van der Waals surface area contributed by atoms with Crippen LogP contribution in [0.2, 0.25) is 0 Å². The SMILES string of the molecule is O=C(CCCOc1ccc2c(c1)CCC(=O)N2)NCc1ccc(N2CCCC2)cc1. The van der Waals surface area contributed by atoms with E-state index in [1.807, 2.05) is 18.2 Å². The van der Waals surface area contributed by atoms with Crippen molar-refractivity contribution >= 4 is 23.2 Å². The molecule has 158 valence electrons. The van der Waals surface area contributed by atoms with E-state index in [2.05, 4.69) is 39.8 Å². The predicted molar refractivity (Wildman–Crippen MR) is 118 cm³/mol. The number of fused-ring (bicyclic) bond motifs is 1. The van der Waals surface area contributed by atoms with E-state index >= 15 is 0 Å². The zero-order chi connectivity index (χ0) is 20.8. The van der Waals surface area contributed by atoms with Gasteiger partial charge >= 0.3 is 0 Å². The number of ether oxygens (including phenoxy) is 1. The molecule has 0 radical (unpaired) electrons. The molecule has 6 nitrogen and oxygen atoms in total. The summed E-state index contributed by atoms with van der Waals surface area (Å²) in [6.07, 6.45) is 4.89. The average molecular weight is 408 g/mol. The quantitative estimate of drug-likeness (QED) is 0.656. The Kier molecular flexibility index (Phi) is 6.52. The summed E-state index contributed by atoms with van der Waals surface area (Å²) in [6.45, 7) is 3.32. The molecule has 0 atom stereocenters. The van der Waals surface area contributed by atoms with Crippen LogP contribution >= 0.6 is 0 Å². The van der Waals surface area contributed by atoms with Gasteiger partial charge in [-0.1, -0.05) is 12.1 Å². The summed E-state index contributed by atoms with van der Waals surface area (Å²) in [6, 6.07) is 14.2. The number of nitrogens with zero attached hydrogens (tertiary/aromatic N) is 1. The molecule has 0 aliphatic carbocycles. The summed E-state index contributed by atoms with van der Waals surface area (Å²) in [4.78, 5) is 25.9. The molecule has 4 rings (SSSR count). The Labute approximate surface area is 177 Å². The minimum absolute atomic E-state index is 0.0374. The lowest BCUT2D eigenvalue weighted by Crippen LogP contribution is -2.23. The number of nitrogens with one attached hydrogen (secondary N) is 2. The molecular formula is C24H29N3O3. The van der Waals surface area contributed by atoms with Crippen LogP contribution in [0.15, 0.2) is 42.5 Å². The summed E-state index contributed by atoms with van der Waals surface area (Å²) in [7, 11) is 0. The van der Waals surface area contributed by atoms with E-state index in [4.69, 9.17) is 4.74 Å². The first kappa shape index (κ1) is 20.3. The lowest BCUT2D eigenvalue weighted by Gasteiger charge is -2.18. The second kappa shape index (κ2) is 9.65. The van der Waals surface area contributed by atoms with Gasteiger partial charge in [0.1, 0.15) is 5.75 Å². The van der Waals surface area contributed by atoms with Crippen LogP contribution in [0.1, 0.15) is 43.2 Å². The summed E-state index contributed by atoms with van der Waals surface area (Å²) in [5, 5.41) is 5.85. The van der Waals surface area contributed by atoms with Crippen molar-refractivity contribution in [2.75, 3.05) is 29.9 Å². The highest BCUT2D eigenvalue weighted by molar-refractivity contribution is 5.94. The Morgan fingerprint density at radius 2 is 1.87 bits per heavy atom. The van der Waals surface area contributed by atoms with E-state index in [-0.39, 0.29) is 11.8 Å². The molecule has 2 aliphatic rings. The first-order valence-corrected chi connectivity index (χ1v) is 10.8. The third-order valence-electron chi connectivity index (χ3n) is 5.69. The van der Waals surface area contributed by atoms with Gasteiger partial charge in [-0.05, 0) is 67.1 Å². The van der Waals surface area contributed by atoms with Crippen LogP contribution in [0.5, 0.6) is 5.75 Å². The first-order valence-electron chi connectivity index (χ1n) is 10.8. The number of amides is 2. The second-order valence-electron chi connectivity index (χ2n) is 7.96. The van der Waals surface area contributed by atoms with Gasteiger partial charge in [0.2, 0.25) is 11.8 Å². The summed E-state index contributed by atoms with van der Waals surface area (Å²) in [5.41, 5.74) is 4.35. The zero-order valence-electron chi connectivity index (χ0n) is 17.3. The van der Waals surface area contributed by atoms with Crippen molar-refractivity contribution < 1.29 is 14.3 Å². The molecule has 30 heavy (non-hydrogen) atoms. The van der Waals surface area contributed by atoms with Crippen molar-refractivity contribution in [3.05, 3.63) is 53.6 Å². The Hall–Kier alpha value is -3.02. The number of hydrogen-bond donors (Lipinski definition) is 2. The van der Waals surface area contributed by atoms with Crippen LogP contribution in [0.3, 0.4) is 0 Å². The smallest absolute Gasteiger partial charge is 0.224 e. The van der Waals surface area contributed by atoms with Gasteiger partial charge in [0.15, 0.2) is 0 Å². The molecule has 6 heteroatoms. The average Bonchev–Trinajstić information content (AvgIpc) is 3.30. The Balaban J connectivity index is 1.14. The van der Waals surface area contributed by atoms with E-state index in [1.54, 1.807) is 0 Å². The molecule has 0 saturated carbocycles. The topological polar surface area (TPSA) is 70.7 Å². The van der Waals surface area contributed by atoms with Gasteiger partial charge in [-0.2, -0.15) is 0 Å². The Bertz CT molecular complexity index is 889. The monoisotopic (exact) mass is 407 g/mol. The zero-order valence-corrected chi connectivity index (χ0v) is 17.3. The number of hydrogen-bond acceptors (Lipinski definition) is 4. The summed E-state index contributed by atoms with van der Waals surface area (Å²) < 4.78 is 5.78. The number of anilines is 2. The van der Waals surface area contributed by atoms with Crippen LogP contribution in [0.4, 0.5) is 11.4 Å². The molecule has 0 unspecified atom stereocenters. The lowest BCUT2D eigenvalue weighted by atomic mass is 10.0. The van der Waals surface area contributed by atoms with Gasteiger partial charge in [0.25, 0.3) is 0 Å². The van der Waals surface area contributed by atoms with Gasteiger partial charge in [-0.3, -0.25) is 9.59 Å². The van der Waals surface area contributed by atoms with Gasteiger partial charge in [0.05, 0.1) is 6.61 Å². The molecule has 2 aromatic rings. The van der Waals surface area contributed by atoms with Crippen molar-refractivity contribution in [1.29, 1.82) is 0 Å². The maximum Gasteiger partial charge on any atom is 0.224 e. The van der Waals surface area contributed by atoms with Crippen LogP contribution in [0, 0.1) is 0 Å². The summed E-state index contributed by atoms with van der Waals surface area (Å²) >= 11 is 0. The van der Waals surface area contributed by atoms with Crippen LogP contribution in [0.25, 0.3) is 0 Å². The van der Waals surface area contributed by atoms with Crippen LogP contribution < -0.4 is 20.3 Å². The minimum atomic E-state index is 0.0374. The van der Waals surface area contributed by atoms with Gasteiger partial charge in [-0.25, -0.2) is 0 Å². The van der Waals surface area contributed by atoms with E-state index in [0.29, 0.717) is 32.4 Å². The highest BCUT2D eigenvalue weighted by Crippen LogP contribution is 2.27. The second-order valence-corrected chi connectivity index (χ2v) is 7.96. The maximum atomic E-state index is 12.1. The molecule has 2 aliphatic heterocycles. The fraction of sp³-hybridized carbons (Fsp3) is 0.417. The van der Waals surface area contributed by atoms with E-state index in [1.165, 1.54) is 18.5 Å². The molecule has 2 amide bonds. The lowest BCUT2D eigenvalue weighted by molar-refractivity contribution is -0.121. The molecule has 0 bridgehead atoms. The first-order chi connectivity index (χ1) is 14.7. The molecule has 2 N–H and O–H groups in total. The molecule has 0 aromatic heterocycles. The molecule has 1 saturated heterocycles. The van der Waals surface area contributed by atoms with E-state index < -0.39 is 0 Å². The fourth-order valence-corrected chi connectivity index (χ4v) is 3.96. The Morgan fingerprint density at radius 1 is 1.07 bits per heavy atom. The van der Waals surface area contributed by atoms with Crippen molar-refractivity contribution in [3.8, 4) is 5.75 Å². The molecule has 2 heterocycles. The number of carbonyl (C=O) groups excluding carboxylic acids is 2. The van der Waals surface area contributed by atoms with Crippen LogP contribution in [-0.2, 0) is 22.6 Å². The largest absolute Gasteiger partial charge is 0.494 e. The van der Waals surface area contributed by atoms with E-state index in [0.717, 1.165) is 42.1 Å².